The number of fused-ring (bicyclic) bond motifs is 2. The first-order valence-electron chi connectivity index (χ1n) is 6.70. The van der Waals surface area contributed by atoms with E-state index in [0.717, 1.165) is 29.1 Å². The lowest BCUT2D eigenvalue weighted by molar-refractivity contribution is 0.0932. The van der Waals surface area contributed by atoms with Gasteiger partial charge in [-0.05, 0) is 54.8 Å². The Labute approximate surface area is 88.5 Å². The van der Waals surface area contributed by atoms with E-state index < -0.39 is 0 Å². The molecule has 4 unspecified atom stereocenters. The lowest BCUT2D eigenvalue weighted by atomic mass is 9.64. The zero-order chi connectivity index (χ0) is 9.76. The molecule has 3 bridgehead atoms. The molecule has 3 saturated carbocycles. The van der Waals surface area contributed by atoms with E-state index in [2.05, 4.69) is 13.8 Å². The first-order chi connectivity index (χ1) is 6.70. The van der Waals surface area contributed by atoms with Crippen LogP contribution in [0.1, 0.15) is 58.8 Å². The van der Waals surface area contributed by atoms with E-state index >= 15 is 0 Å². The SMILES string of the molecule is CC(C)C12CC3CCCC(C1)C(C3)C2. The summed E-state index contributed by atoms with van der Waals surface area (Å²) >= 11 is 0. The van der Waals surface area contributed by atoms with Gasteiger partial charge in [0.25, 0.3) is 0 Å². The summed E-state index contributed by atoms with van der Waals surface area (Å²) in [4.78, 5) is 0. The average molecular weight is 192 g/mol. The minimum Gasteiger partial charge on any atom is -0.0622 e. The van der Waals surface area contributed by atoms with Crippen LogP contribution in [0.4, 0.5) is 0 Å². The highest BCUT2D eigenvalue weighted by molar-refractivity contribution is 5.02. The Kier molecular flexibility index (Phi) is 1.98. The highest BCUT2D eigenvalue weighted by Crippen LogP contribution is 2.62. The predicted octanol–water partition coefficient (Wildman–Crippen LogP) is 4.25. The van der Waals surface area contributed by atoms with Crippen molar-refractivity contribution in [2.24, 2.45) is 29.1 Å². The van der Waals surface area contributed by atoms with E-state index in [4.69, 9.17) is 0 Å². The van der Waals surface area contributed by atoms with Crippen molar-refractivity contribution >= 4 is 0 Å². The number of hydrogen-bond acceptors (Lipinski definition) is 0. The maximum atomic E-state index is 2.48. The molecule has 0 heterocycles. The molecule has 0 aromatic carbocycles. The number of hydrogen-bond donors (Lipinski definition) is 0. The van der Waals surface area contributed by atoms with E-state index in [1.807, 2.05) is 0 Å². The molecule has 4 atom stereocenters. The fourth-order valence-electron chi connectivity index (χ4n) is 4.92. The Hall–Kier alpha value is 0. The van der Waals surface area contributed by atoms with Gasteiger partial charge in [0.1, 0.15) is 0 Å². The maximum absolute atomic E-state index is 2.48. The molecule has 3 aliphatic carbocycles. The normalized spacial score (nSPS) is 51.2. The molecule has 3 fully saturated rings. The van der Waals surface area contributed by atoms with Gasteiger partial charge in [-0.1, -0.05) is 33.1 Å². The molecule has 0 nitrogen and oxygen atoms in total. The first-order valence-corrected chi connectivity index (χ1v) is 6.70. The molecule has 0 amide bonds. The summed E-state index contributed by atoms with van der Waals surface area (Å²) in [5.74, 6) is 4.32. The second-order valence-electron chi connectivity index (χ2n) is 6.68. The van der Waals surface area contributed by atoms with Crippen LogP contribution >= 0.6 is 0 Å². The lowest BCUT2D eigenvalue weighted by Crippen LogP contribution is -2.31. The molecular weight excluding hydrogens is 168 g/mol. The summed E-state index contributed by atoms with van der Waals surface area (Å²) in [6.45, 7) is 4.95. The van der Waals surface area contributed by atoms with Crippen molar-refractivity contribution in [1.29, 1.82) is 0 Å². The van der Waals surface area contributed by atoms with Gasteiger partial charge in [0.2, 0.25) is 0 Å². The second-order valence-corrected chi connectivity index (χ2v) is 6.68. The topological polar surface area (TPSA) is 0 Å². The van der Waals surface area contributed by atoms with Gasteiger partial charge in [-0.25, -0.2) is 0 Å². The molecule has 0 aromatic rings. The largest absolute Gasteiger partial charge is 0.0622 e. The highest BCUT2D eigenvalue weighted by Gasteiger charge is 2.52. The van der Waals surface area contributed by atoms with Crippen LogP contribution in [0.2, 0.25) is 0 Å². The van der Waals surface area contributed by atoms with Crippen LogP contribution in [0.3, 0.4) is 0 Å². The van der Waals surface area contributed by atoms with Gasteiger partial charge in [0, 0.05) is 0 Å². The second kappa shape index (κ2) is 3.00. The van der Waals surface area contributed by atoms with Crippen molar-refractivity contribution in [1.82, 2.24) is 0 Å². The molecule has 0 N–H and O–H groups in total. The van der Waals surface area contributed by atoms with Gasteiger partial charge in [-0.15, -0.1) is 0 Å². The van der Waals surface area contributed by atoms with Gasteiger partial charge in [0.15, 0.2) is 0 Å². The Bertz CT molecular complexity index is 226. The van der Waals surface area contributed by atoms with Crippen LogP contribution in [-0.4, -0.2) is 0 Å². The smallest absolute Gasteiger partial charge is 0.0266 e. The lowest BCUT2D eigenvalue weighted by Gasteiger charge is -2.41. The quantitative estimate of drug-likeness (QED) is 0.582. The minimum atomic E-state index is 0.790. The molecule has 3 aliphatic rings. The molecule has 3 rings (SSSR count). The van der Waals surface area contributed by atoms with Gasteiger partial charge < -0.3 is 0 Å². The summed E-state index contributed by atoms with van der Waals surface area (Å²) in [7, 11) is 0. The summed E-state index contributed by atoms with van der Waals surface area (Å²) in [6.07, 6.45) is 11.0. The molecule has 80 valence electrons. The highest BCUT2D eigenvalue weighted by atomic mass is 14.6. The van der Waals surface area contributed by atoms with Crippen LogP contribution in [0, 0.1) is 29.1 Å². The van der Waals surface area contributed by atoms with E-state index in [1.54, 1.807) is 44.9 Å². The average Bonchev–Trinajstić information content (AvgIpc) is 2.30. The zero-order valence-corrected chi connectivity index (χ0v) is 9.76. The van der Waals surface area contributed by atoms with E-state index in [9.17, 15) is 0 Å². The standard InChI is InChI=1S/C14H24/c1-10(2)14-7-11-4-3-5-12(8-14)13(6-11)9-14/h10-13H,3-9H2,1-2H3. The third-order valence-electron chi connectivity index (χ3n) is 5.75. The van der Waals surface area contributed by atoms with Crippen molar-refractivity contribution in [2.75, 3.05) is 0 Å². The zero-order valence-electron chi connectivity index (χ0n) is 9.76. The number of rotatable bonds is 1. The monoisotopic (exact) mass is 192 g/mol. The van der Waals surface area contributed by atoms with Gasteiger partial charge in [0.05, 0.1) is 0 Å². The molecule has 0 saturated heterocycles. The van der Waals surface area contributed by atoms with Crippen molar-refractivity contribution in [3.63, 3.8) is 0 Å². The Balaban J connectivity index is 1.92. The molecule has 0 heteroatoms. The molecular formula is C14H24. The molecule has 0 aliphatic heterocycles. The fraction of sp³-hybridized carbons (Fsp3) is 1.00. The third kappa shape index (κ3) is 1.19. The molecule has 0 aromatic heterocycles. The van der Waals surface area contributed by atoms with Crippen molar-refractivity contribution < 1.29 is 0 Å². The van der Waals surface area contributed by atoms with Crippen LogP contribution in [0.25, 0.3) is 0 Å². The third-order valence-corrected chi connectivity index (χ3v) is 5.75. The summed E-state index contributed by atoms with van der Waals surface area (Å²) in [6, 6.07) is 0. The fourth-order valence-corrected chi connectivity index (χ4v) is 4.92. The van der Waals surface area contributed by atoms with Gasteiger partial charge in [-0.2, -0.15) is 0 Å². The maximum Gasteiger partial charge on any atom is -0.0266 e. The van der Waals surface area contributed by atoms with Crippen LogP contribution in [0.15, 0.2) is 0 Å². The summed E-state index contributed by atoms with van der Waals surface area (Å²) in [5.41, 5.74) is 0.790. The van der Waals surface area contributed by atoms with Crippen molar-refractivity contribution in [3.8, 4) is 0 Å². The Morgan fingerprint density at radius 3 is 2.57 bits per heavy atom. The molecule has 14 heavy (non-hydrogen) atoms. The van der Waals surface area contributed by atoms with E-state index in [0.29, 0.717) is 0 Å². The van der Waals surface area contributed by atoms with E-state index in [1.165, 1.54) is 0 Å². The van der Waals surface area contributed by atoms with Crippen molar-refractivity contribution in [2.45, 2.75) is 58.8 Å². The minimum absolute atomic E-state index is 0.790. The Morgan fingerprint density at radius 2 is 1.79 bits per heavy atom. The predicted molar refractivity (Wildman–Crippen MR) is 60.1 cm³/mol. The molecule has 0 radical (unpaired) electrons. The summed E-state index contributed by atoms with van der Waals surface area (Å²) < 4.78 is 0. The molecule has 0 spiro atoms. The van der Waals surface area contributed by atoms with Gasteiger partial charge in [-0.3, -0.25) is 0 Å². The van der Waals surface area contributed by atoms with E-state index in [-0.39, 0.29) is 0 Å². The van der Waals surface area contributed by atoms with Crippen LogP contribution < -0.4 is 0 Å². The van der Waals surface area contributed by atoms with Gasteiger partial charge >= 0.3 is 0 Å². The van der Waals surface area contributed by atoms with Crippen LogP contribution in [0.5, 0.6) is 0 Å². The van der Waals surface area contributed by atoms with Crippen LogP contribution in [-0.2, 0) is 0 Å². The van der Waals surface area contributed by atoms with Crippen molar-refractivity contribution in [3.05, 3.63) is 0 Å². The first kappa shape index (κ1) is 9.24. The summed E-state index contributed by atoms with van der Waals surface area (Å²) in [5, 5.41) is 0. The Morgan fingerprint density at radius 1 is 1.00 bits per heavy atom.